The van der Waals surface area contributed by atoms with Crippen molar-refractivity contribution in [3.8, 4) is 0 Å². The highest BCUT2D eigenvalue weighted by molar-refractivity contribution is 6.35. The third kappa shape index (κ3) is 2.25. The predicted molar refractivity (Wildman–Crippen MR) is 73.4 cm³/mol. The number of fused-ring (bicyclic) bond motifs is 1. The number of aromatic nitrogens is 2. The number of imidazole rings is 1. The molecule has 1 heterocycles. The molecule has 1 unspecified atom stereocenters. The van der Waals surface area contributed by atoms with Crippen LogP contribution >= 0.6 is 11.6 Å². The van der Waals surface area contributed by atoms with Crippen LogP contribution in [0.25, 0.3) is 11.0 Å². The molecule has 3 nitrogen and oxygen atoms in total. The van der Waals surface area contributed by atoms with Gasteiger partial charge in [0, 0.05) is 6.04 Å². The minimum atomic E-state index is 0.360. The lowest BCUT2D eigenvalue weighted by Crippen LogP contribution is -2.08. The summed E-state index contributed by atoms with van der Waals surface area (Å²) in [5, 5.41) is 0.663. The summed E-state index contributed by atoms with van der Waals surface area (Å²) in [6.07, 6.45) is 3.50. The van der Waals surface area contributed by atoms with Gasteiger partial charge in [-0.2, -0.15) is 0 Å². The number of rotatable bonds is 4. The van der Waals surface area contributed by atoms with Crippen molar-refractivity contribution < 1.29 is 0 Å². The lowest BCUT2D eigenvalue weighted by Gasteiger charge is -2.15. The zero-order valence-electron chi connectivity index (χ0n) is 10.3. The third-order valence-electron chi connectivity index (χ3n) is 3.11. The molecule has 1 atom stereocenters. The molecule has 0 saturated carbocycles. The molecule has 0 amide bonds. The second-order valence-electron chi connectivity index (χ2n) is 4.44. The number of para-hydroxylation sites is 1. The summed E-state index contributed by atoms with van der Waals surface area (Å²) < 4.78 is 2.08. The molecule has 0 aliphatic rings. The van der Waals surface area contributed by atoms with E-state index < -0.39 is 0 Å². The van der Waals surface area contributed by atoms with Crippen molar-refractivity contribution >= 4 is 28.6 Å². The van der Waals surface area contributed by atoms with Gasteiger partial charge in [-0.1, -0.05) is 37.4 Å². The van der Waals surface area contributed by atoms with Crippen LogP contribution in [0, 0.1) is 0 Å². The maximum Gasteiger partial charge on any atom is 0.201 e. The second-order valence-corrected chi connectivity index (χ2v) is 4.85. The highest BCUT2D eigenvalue weighted by Gasteiger charge is 2.14. The SMILES string of the molecule is CCCCC(C)n1c(N)nc2c(Cl)cccc21. The molecular formula is C13H18ClN3. The van der Waals surface area contributed by atoms with Gasteiger partial charge in [-0.3, -0.25) is 0 Å². The first kappa shape index (κ1) is 12.2. The first-order valence-electron chi connectivity index (χ1n) is 6.07. The van der Waals surface area contributed by atoms with Crippen LogP contribution in [0.5, 0.6) is 0 Å². The number of hydrogen-bond acceptors (Lipinski definition) is 2. The molecule has 4 heteroatoms. The van der Waals surface area contributed by atoms with E-state index in [1.54, 1.807) is 0 Å². The van der Waals surface area contributed by atoms with Gasteiger partial charge in [0.1, 0.15) is 5.52 Å². The van der Waals surface area contributed by atoms with Crippen molar-refractivity contribution in [2.75, 3.05) is 5.73 Å². The van der Waals surface area contributed by atoms with E-state index in [4.69, 9.17) is 17.3 Å². The average Bonchev–Trinajstić information content (AvgIpc) is 2.64. The van der Waals surface area contributed by atoms with Crippen molar-refractivity contribution in [3.05, 3.63) is 23.2 Å². The Bertz CT molecular complexity index is 519. The van der Waals surface area contributed by atoms with Crippen molar-refractivity contribution in [2.45, 2.75) is 39.2 Å². The summed E-state index contributed by atoms with van der Waals surface area (Å²) in [6, 6.07) is 6.16. The zero-order chi connectivity index (χ0) is 12.4. The van der Waals surface area contributed by atoms with Gasteiger partial charge in [-0.15, -0.1) is 0 Å². The lowest BCUT2D eigenvalue weighted by molar-refractivity contribution is 0.501. The van der Waals surface area contributed by atoms with E-state index in [9.17, 15) is 0 Å². The Morgan fingerprint density at radius 2 is 2.24 bits per heavy atom. The van der Waals surface area contributed by atoms with Crippen molar-refractivity contribution in [2.24, 2.45) is 0 Å². The van der Waals surface area contributed by atoms with Crippen molar-refractivity contribution in [1.82, 2.24) is 9.55 Å². The zero-order valence-corrected chi connectivity index (χ0v) is 11.0. The number of unbranched alkanes of at least 4 members (excludes halogenated alkanes) is 1. The van der Waals surface area contributed by atoms with Crippen LogP contribution in [-0.4, -0.2) is 9.55 Å². The summed E-state index contributed by atoms with van der Waals surface area (Å²) in [4.78, 5) is 4.35. The molecule has 0 radical (unpaired) electrons. The number of benzene rings is 1. The number of anilines is 1. The third-order valence-corrected chi connectivity index (χ3v) is 3.42. The van der Waals surface area contributed by atoms with Gasteiger partial charge in [0.05, 0.1) is 10.5 Å². The minimum absolute atomic E-state index is 0.360. The summed E-state index contributed by atoms with van der Waals surface area (Å²) >= 11 is 6.12. The van der Waals surface area contributed by atoms with Gasteiger partial charge in [0.15, 0.2) is 0 Å². The maximum absolute atomic E-state index is 6.12. The molecule has 92 valence electrons. The normalized spacial score (nSPS) is 13.1. The molecule has 17 heavy (non-hydrogen) atoms. The monoisotopic (exact) mass is 251 g/mol. The molecule has 0 fully saturated rings. The molecule has 0 bridgehead atoms. The first-order chi connectivity index (χ1) is 8.15. The van der Waals surface area contributed by atoms with E-state index >= 15 is 0 Å². The van der Waals surface area contributed by atoms with E-state index in [0.717, 1.165) is 17.5 Å². The molecule has 2 rings (SSSR count). The number of nitrogens with zero attached hydrogens (tertiary/aromatic N) is 2. The average molecular weight is 252 g/mol. The van der Waals surface area contributed by atoms with E-state index in [1.807, 2.05) is 18.2 Å². The van der Waals surface area contributed by atoms with Crippen molar-refractivity contribution in [3.63, 3.8) is 0 Å². The molecule has 0 aliphatic heterocycles. The fraction of sp³-hybridized carbons (Fsp3) is 0.462. The summed E-state index contributed by atoms with van der Waals surface area (Å²) in [5.41, 5.74) is 7.82. The quantitative estimate of drug-likeness (QED) is 0.892. The maximum atomic E-state index is 6.12. The fourth-order valence-corrected chi connectivity index (χ4v) is 2.40. The Morgan fingerprint density at radius 1 is 1.47 bits per heavy atom. The first-order valence-corrected chi connectivity index (χ1v) is 6.44. The Hall–Kier alpha value is -1.22. The number of halogens is 1. The van der Waals surface area contributed by atoms with Gasteiger partial charge in [0.2, 0.25) is 5.95 Å². The van der Waals surface area contributed by atoms with Crippen LogP contribution in [0.2, 0.25) is 5.02 Å². The minimum Gasteiger partial charge on any atom is -0.369 e. The predicted octanol–water partition coefficient (Wildman–Crippen LogP) is 4.02. The number of nitrogen functional groups attached to an aromatic ring is 1. The number of nitrogens with two attached hydrogens (primary N) is 1. The van der Waals surface area contributed by atoms with Crippen LogP contribution in [-0.2, 0) is 0 Å². The van der Waals surface area contributed by atoms with Crippen LogP contribution in [0.4, 0.5) is 5.95 Å². The van der Waals surface area contributed by atoms with E-state index in [2.05, 4.69) is 23.4 Å². The van der Waals surface area contributed by atoms with Gasteiger partial charge in [-0.05, 0) is 25.5 Å². The van der Waals surface area contributed by atoms with Crippen LogP contribution in [0.3, 0.4) is 0 Å². The Morgan fingerprint density at radius 3 is 2.94 bits per heavy atom. The fourth-order valence-electron chi connectivity index (χ4n) is 2.19. The molecule has 2 N–H and O–H groups in total. The topological polar surface area (TPSA) is 43.8 Å². The summed E-state index contributed by atoms with van der Waals surface area (Å²) in [6.45, 7) is 4.37. The molecule has 0 spiro atoms. The lowest BCUT2D eigenvalue weighted by atomic mass is 10.1. The van der Waals surface area contributed by atoms with E-state index in [1.165, 1.54) is 12.8 Å². The molecule has 2 aromatic rings. The standard InChI is InChI=1S/C13H18ClN3/c1-3-4-6-9(2)17-11-8-5-7-10(14)12(11)16-13(17)15/h5,7-9H,3-4,6H2,1-2H3,(H2,15,16). The van der Waals surface area contributed by atoms with Gasteiger partial charge in [0.25, 0.3) is 0 Å². The molecule has 0 saturated heterocycles. The molecular weight excluding hydrogens is 234 g/mol. The van der Waals surface area contributed by atoms with Gasteiger partial charge >= 0.3 is 0 Å². The van der Waals surface area contributed by atoms with E-state index in [0.29, 0.717) is 17.0 Å². The molecule has 0 aliphatic carbocycles. The van der Waals surface area contributed by atoms with E-state index in [-0.39, 0.29) is 0 Å². The smallest absolute Gasteiger partial charge is 0.201 e. The Kier molecular flexibility index (Phi) is 3.57. The van der Waals surface area contributed by atoms with Crippen LogP contribution < -0.4 is 5.73 Å². The highest BCUT2D eigenvalue weighted by Crippen LogP contribution is 2.29. The molecule has 1 aromatic heterocycles. The second kappa shape index (κ2) is 4.96. The van der Waals surface area contributed by atoms with Crippen molar-refractivity contribution in [1.29, 1.82) is 0 Å². The number of hydrogen-bond donors (Lipinski definition) is 1. The largest absolute Gasteiger partial charge is 0.369 e. The van der Waals surface area contributed by atoms with Crippen LogP contribution in [0.15, 0.2) is 18.2 Å². The Labute approximate surface area is 107 Å². The Balaban J connectivity index is 2.46. The van der Waals surface area contributed by atoms with Gasteiger partial charge < -0.3 is 10.3 Å². The van der Waals surface area contributed by atoms with Gasteiger partial charge in [-0.25, -0.2) is 4.98 Å². The van der Waals surface area contributed by atoms with Crippen LogP contribution in [0.1, 0.15) is 39.2 Å². The highest BCUT2D eigenvalue weighted by atomic mass is 35.5. The molecule has 1 aromatic carbocycles. The summed E-state index contributed by atoms with van der Waals surface area (Å²) in [7, 11) is 0. The summed E-state index contributed by atoms with van der Waals surface area (Å²) in [5.74, 6) is 0.553.